The Balaban J connectivity index is 2.60. The van der Waals surface area contributed by atoms with Crippen molar-refractivity contribution in [1.29, 1.82) is 0 Å². The first kappa shape index (κ1) is 19.8. The zero-order valence-corrected chi connectivity index (χ0v) is 14.0. The standard InChI is InChI=1S/C16H22F3NO2S/c1-3-4-9-23-11(2)15(22)20-10-14(21)12-7-5-6-8-13(12)16(17,18)19/h5-8,11,14,21H,3-4,9-10H2,1-2H3,(H,20,22). The lowest BCUT2D eigenvalue weighted by molar-refractivity contribution is -0.139. The molecule has 0 aliphatic rings. The second-order valence-corrected chi connectivity index (χ2v) is 6.66. The molecule has 2 atom stereocenters. The second-order valence-electron chi connectivity index (χ2n) is 5.21. The summed E-state index contributed by atoms with van der Waals surface area (Å²) in [7, 11) is 0. The molecule has 0 saturated heterocycles. The first-order chi connectivity index (χ1) is 10.8. The summed E-state index contributed by atoms with van der Waals surface area (Å²) in [5.41, 5.74) is -1.11. The zero-order chi connectivity index (χ0) is 17.5. The number of unbranched alkanes of at least 4 members (excludes halogenated alkanes) is 1. The molecule has 23 heavy (non-hydrogen) atoms. The third-order valence-corrected chi connectivity index (χ3v) is 4.57. The van der Waals surface area contributed by atoms with Crippen LogP contribution in [0.15, 0.2) is 24.3 Å². The van der Waals surface area contributed by atoms with Crippen molar-refractivity contribution in [3.05, 3.63) is 35.4 Å². The van der Waals surface area contributed by atoms with Crippen LogP contribution in [-0.2, 0) is 11.0 Å². The van der Waals surface area contributed by atoms with Gasteiger partial charge in [-0.25, -0.2) is 0 Å². The molecule has 0 radical (unpaired) electrons. The Hall–Kier alpha value is -1.21. The number of nitrogens with one attached hydrogen (secondary N) is 1. The van der Waals surface area contributed by atoms with Gasteiger partial charge in [0.15, 0.2) is 0 Å². The van der Waals surface area contributed by atoms with Gasteiger partial charge in [0.05, 0.1) is 16.9 Å². The quantitative estimate of drug-likeness (QED) is 0.702. The average molecular weight is 349 g/mol. The lowest BCUT2D eigenvalue weighted by Crippen LogP contribution is -2.34. The van der Waals surface area contributed by atoms with Crippen molar-refractivity contribution < 1.29 is 23.1 Å². The van der Waals surface area contributed by atoms with Crippen LogP contribution >= 0.6 is 11.8 Å². The van der Waals surface area contributed by atoms with Gasteiger partial charge in [-0.2, -0.15) is 13.2 Å². The molecule has 1 aromatic carbocycles. The Morgan fingerprint density at radius 3 is 2.61 bits per heavy atom. The number of aliphatic hydroxyl groups excluding tert-OH is 1. The van der Waals surface area contributed by atoms with Gasteiger partial charge in [-0.3, -0.25) is 4.79 Å². The van der Waals surface area contributed by atoms with E-state index in [0.717, 1.165) is 24.7 Å². The number of thioether (sulfide) groups is 1. The maximum atomic E-state index is 12.9. The monoisotopic (exact) mass is 349 g/mol. The topological polar surface area (TPSA) is 49.3 Å². The van der Waals surface area contributed by atoms with Gasteiger partial charge in [0.25, 0.3) is 0 Å². The maximum Gasteiger partial charge on any atom is 0.416 e. The molecule has 2 unspecified atom stereocenters. The van der Waals surface area contributed by atoms with Crippen LogP contribution in [0.2, 0.25) is 0 Å². The molecular formula is C16H22F3NO2S. The highest BCUT2D eigenvalue weighted by molar-refractivity contribution is 8.00. The molecule has 130 valence electrons. The van der Waals surface area contributed by atoms with E-state index in [-0.39, 0.29) is 23.3 Å². The molecule has 1 aromatic rings. The van der Waals surface area contributed by atoms with E-state index < -0.39 is 17.8 Å². The fourth-order valence-electron chi connectivity index (χ4n) is 1.98. The third kappa shape index (κ3) is 6.43. The first-order valence-electron chi connectivity index (χ1n) is 7.50. The minimum atomic E-state index is -4.54. The van der Waals surface area contributed by atoms with Gasteiger partial charge in [-0.05, 0) is 30.7 Å². The molecule has 0 aliphatic carbocycles. The predicted octanol–water partition coefficient (Wildman–Crippen LogP) is 3.78. The third-order valence-electron chi connectivity index (χ3n) is 3.33. The number of aliphatic hydroxyl groups is 1. The second kappa shape index (κ2) is 9.17. The highest BCUT2D eigenvalue weighted by Gasteiger charge is 2.34. The molecule has 0 bridgehead atoms. The molecule has 0 heterocycles. The molecule has 0 fully saturated rings. The number of rotatable bonds is 8. The van der Waals surface area contributed by atoms with Crippen LogP contribution in [0.4, 0.5) is 13.2 Å². The van der Waals surface area contributed by atoms with E-state index in [0.29, 0.717) is 0 Å². The SMILES string of the molecule is CCCCSC(C)C(=O)NCC(O)c1ccccc1C(F)(F)F. The van der Waals surface area contributed by atoms with Crippen molar-refractivity contribution in [2.45, 2.75) is 44.2 Å². The lowest BCUT2D eigenvalue weighted by atomic mass is 10.0. The average Bonchev–Trinajstić information content (AvgIpc) is 2.51. The highest BCUT2D eigenvalue weighted by Crippen LogP contribution is 2.34. The molecule has 1 rings (SSSR count). The number of hydrogen-bond donors (Lipinski definition) is 2. The number of amides is 1. The number of carbonyl (C=O) groups is 1. The Bertz CT molecular complexity index is 508. The zero-order valence-electron chi connectivity index (χ0n) is 13.2. The molecular weight excluding hydrogens is 327 g/mol. The van der Waals surface area contributed by atoms with Crippen LogP contribution in [0, 0.1) is 0 Å². The van der Waals surface area contributed by atoms with Gasteiger partial charge in [-0.1, -0.05) is 31.5 Å². The molecule has 7 heteroatoms. The van der Waals surface area contributed by atoms with Gasteiger partial charge in [0.1, 0.15) is 0 Å². The summed E-state index contributed by atoms with van der Waals surface area (Å²) in [5.74, 6) is 0.569. The first-order valence-corrected chi connectivity index (χ1v) is 8.55. The van der Waals surface area contributed by atoms with Crippen molar-refractivity contribution in [2.24, 2.45) is 0 Å². The lowest BCUT2D eigenvalue weighted by Gasteiger charge is -2.19. The van der Waals surface area contributed by atoms with Crippen molar-refractivity contribution in [2.75, 3.05) is 12.3 Å². The van der Waals surface area contributed by atoms with Crippen LogP contribution in [-0.4, -0.2) is 28.6 Å². The smallest absolute Gasteiger partial charge is 0.387 e. The molecule has 3 nitrogen and oxygen atoms in total. The molecule has 0 aromatic heterocycles. The number of hydrogen-bond acceptors (Lipinski definition) is 3. The van der Waals surface area contributed by atoms with E-state index in [1.807, 2.05) is 0 Å². The summed E-state index contributed by atoms with van der Waals surface area (Å²) in [6.07, 6.45) is -3.90. The molecule has 0 saturated carbocycles. The molecule has 0 spiro atoms. The van der Waals surface area contributed by atoms with Crippen LogP contribution in [0.5, 0.6) is 0 Å². The number of halogens is 3. The number of benzene rings is 1. The van der Waals surface area contributed by atoms with E-state index in [1.54, 1.807) is 6.92 Å². The van der Waals surface area contributed by atoms with Gasteiger partial charge in [0.2, 0.25) is 5.91 Å². The van der Waals surface area contributed by atoms with E-state index >= 15 is 0 Å². The Morgan fingerprint density at radius 1 is 1.35 bits per heavy atom. The van der Waals surface area contributed by atoms with Crippen molar-refractivity contribution >= 4 is 17.7 Å². The summed E-state index contributed by atoms with van der Waals surface area (Å²) in [5, 5.41) is 12.2. The summed E-state index contributed by atoms with van der Waals surface area (Å²) in [4.78, 5) is 11.9. The van der Waals surface area contributed by atoms with Crippen molar-refractivity contribution in [3.63, 3.8) is 0 Å². The molecule has 1 amide bonds. The fraction of sp³-hybridized carbons (Fsp3) is 0.562. The van der Waals surface area contributed by atoms with Gasteiger partial charge >= 0.3 is 6.18 Å². The van der Waals surface area contributed by atoms with E-state index in [4.69, 9.17) is 0 Å². The minimum absolute atomic E-state index is 0.230. The largest absolute Gasteiger partial charge is 0.416 e. The normalized spacial score (nSPS) is 14.3. The summed E-state index contributed by atoms with van der Waals surface area (Å²) >= 11 is 1.49. The number of carbonyl (C=O) groups excluding carboxylic acids is 1. The van der Waals surface area contributed by atoms with Crippen LogP contribution in [0.25, 0.3) is 0 Å². The van der Waals surface area contributed by atoms with E-state index in [2.05, 4.69) is 12.2 Å². The van der Waals surface area contributed by atoms with E-state index in [9.17, 15) is 23.1 Å². The van der Waals surface area contributed by atoms with Gasteiger partial charge in [0, 0.05) is 6.54 Å². The predicted molar refractivity (Wildman–Crippen MR) is 86.2 cm³/mol. The van der Waals surface area contributed by atoms with Gasteiger partial charge < -0.3 is 10.4 Å². The maximum absolute atomic E-state index is 12.9. The van der Waals surface area contributed by atoms with Crippen LogP contribution < -0.4 is 5.32 Å². The number of alkyl halides is 3. The molecule has 0 aliphatic heterocycles. The summed E-state index contributed by atoms with van der Waals surface area (Å²) < 4.78 is 38.7. The Morgan fingerprint density at radius 2 is 2.00 bits per heavy atom. The van der Waals surface area contributed by atoms with E-state index in [1.165, 1.54) is 30.0 Å². The van der Waals surface area contributed by atoms with Crippen molar-refractivity contribution in [1.82, 2.24) is 5.32 Å². The molecule has 2 N–H and O–H groups in total. The van der Waals surface area contributed by atoms with Crippen LogP contribution in [0.1, 0.15) is 43.9 Å². The summed E-state index contributed by atoms with van der Waals surface area (Å²) in [6.45, 7) is 3.55. The van der Waals surface area contributed by atoms with Crippen molar-refractivity contribution in [3.8, 4) is 0 Å². The van der Waals surface area contributed by atoms with Crippen LogP contribution in [0.3, 0.4) is 0 Å². The highest BCUT2D eigenvalue weighted by atomic mass is 32.2. The Labute approximate surface area is 138 Å². The Kier molecular flexibility index (Phi) is 7.91. The summed E-state index contributed by atoms with van der Waals surface area (Å²) in [6, 6.07) is 4.84. The fourth-order valence-corrected chi connectivity index (χ4v) is 3.02. The minimum Gasteiger partial charge on any atom is -0.387 e. The van der Waals surface area contributed by atoms with Gasteiger partial charge in [-0.15, -0.1) is 11.8 Å².